The molecule has 132 valence electrons. The van der Waals surface area contributed by atoms with Crippen LogP contribution in [0.15, 0.2) is 24.5 Å². The highest BCUT2D eigenvalue weighted by Crippen LogP contribution is 2.34. The lowest BCUT2D eigenvalue weighted by Crippen LogP contribution is -2.29. The van der Waals surface area contributed by atoms with Gasteiger partial charge in [0.2, 0.25) is 5.88 Å². The Bertz CT molecular complexity index is 723. The van der Waals surface area contributed by atoms with Gasteiger partial charge in [0.1, 0.15) is 5.82 Å². The number of rotatable bonds is 4. The summed E-state index contributed by atoms with van der Waals surface area (Å²) in [5, 5.41) is 3.51. The largest absolute Gasteiger partial charge is 0.481 e. The second kappa shape index (κ2) is 7.30. The lowest BCUT2D eigenvalue weighted by Gasteiger charge is -2.27. The van der Waals surface area contributed by atoms with Crippen LogP contribution in [0.2, 0.25) is 0 Å². The highest BCUT2D eigenvalue weighted by Gasteiger charge is 2.19. The molecular weight excluding hydrogens is 312 g/mol. The zero-order chi connectivity index (χ0) is 17.1. The van der Waals surface area contributed by atoms with E-state index in [4.69, 9.17) is 4.74 Å². The summed E-state index contributed by atoms with van der Waals surface area (Å²) in [6.07, 6.45) is 12.3. The summed E-state index contributed by atoms with van der Waals surface area (Å²) in [4.78, 5) is 11.5. The highest BCUT2D eigenvalue weighted by molar-refractivity contribution is 5.65. The Labute approximate surface area is 149 Å². The number of hydrogen-bond acceptors (Lipinski definition) is 5. The van der Waals surface area contributed by atoms with Crippen molar-refractivity contribution >= 4 is 17.2 Å². The average Bonchev–Trinajstić information content (AvgIpc) is 2.69. The van der Waals surface area contributed by atoms with Crippen LogP contribution in [0.3, 0.4) is 0 Å². The van der Waals surface area contributed by atoms with Gasteiger partial charge >= 0.3 is 0 Å². The maximum absolute atomic E-state index is 5.44. The minimum Gasteiger partial charge on any atom is -0.481 e. The fourth-order valence-electron chi connectivity index (χ4n) is 3.93. The van der Waals surface area contributed by atoms with E-state index in [1.165, 1.54) is 43.2 Å². The Morgan fingerprint density at radius 1 is 0.920 bits per heavy atom. The Balaban J connectivity index is 1.54. The van der Waals surface area contributed by atoms with E-state index in [0.29, 0.717) is 0 Å². The molecule has 2 aliphatic rings. The second-order valence-electron chi connectivity index (χ2n) is 6.92. The number of nitrogens with one attached hydrogen (secondary N) is 1. The number of piperidine rings is 1. The van der Waals surface area contributed by atoms with Crippen molar-refractivity contribution in [3.05, 3.63) is 35.7 Å². The molecule has 0 amide bonds. The topological polar surface area (TPSA) is 50.3 Å². The normalized spacial score (nSPS) is 17.1. The summed E-state index contributed by atoms with van der Waals surface area (Å²) in [5.74, 6) is 1.86. The number of hydrogen-bond donors (Lipinski definition) is 1. The Kier molecular flexibility index (Phi) is 4.72. The van der Waals surface area contributed by atoms with Gasteiger partial charge in [-0.05, 0) is 62.6 Å². The predicted molar refractivity (Wildman–Crippen MR) is 101 cm³/mol. The Morgan fingerprint density at radius 2 is 1.72 bits per heavy atom. The van der Waals surface area contributed by atoms with Gasteiger partial charge in [0, 0.05) is 18.7 Å². The molecule has 0 spiro atoms. The molecule has 0 radical (unpaired) electrons. The van der Waals surface area contributed by atoms with Crippen molar-refractivity contribution in [2.24, 2.45) is 0 Å². The molecule has 1 aliphatic carbocycles. The van der Waals surface area contributed by atoms with Crippen LogP contribution in [0, 0.1) is 0 Å². The van der Waals surface area contributed by atoms with E-state index in [2.05, 4.69) is 32.3 Å². The molecule has 3 heterocycles. The molecule has 4 rings (SSSR count). The zero-order valence-corrected chi connectivity index (χ0v) is 14.9. The molecule has 0 atom stereocenters. The fourth-order valence-corrected chi connectivity index (χ4v) is 3.93. The first-order chi connectivity index (χ1) is 12.3. The van der Waals surface area contributed by atoms with E-state index in [9.17, 15) is 0 Å². The zero-order valence-electron chi connectivity index (χ0n) is 14.9. The van der Waals surface area contributed by atoms with Crippen molar-refractivity contribution < 1.29 is 4.74 Å². The number of nitrogens with zero attached hydrogens (tertiary/aromatic N) is 3. The molecule has 0 saturated carbocycles. The minimum atomic E-state index is 0.777. The molecule has 0 unspecified atom stereocenters. The first kappa shape index (κ1) is 16.2. The van der Waals surface area contributed by atoms with Gasteiger partial charge in [-0.25, -0.2) is 9.97 Å². The van der Waals surface area contributed by atoms with E-state index in [1.54, 1.807) is 7.11 Å². The number of aromatic nitrogens is 2. The van der Waals surface area contributed by atoms with E-state index in [1.807, 2.05) is 12.4 Å². The molecule has 1 saturated heterocycles. The first-order valence-electron chi connectivity index (χ1n) is 9.38. The molecular formula is C20H26N4O. The van der Waals surface area contributed by atoms with Crippen molar-refractivity contribution in [3.63, 3.8) is 0 Å². The van der Waals surface area contributed by atoms with Gasteiger partial charge in [-0.3, -0.25) is 0 Å². The van der Waals surface area contributed by atoms with Gasteiger partial charge in [-0.15, -0.1) is 0 Å². The van der Waals surface area contributed by atoms with E-state index in [-0.39, 0.29) is 0 Å². The van der Waals surface area contributed by atoms with E-state index >= 15 is 0 Å². The third-order valence-electron chi connectivity index (χ3n) is 5.26. The SMILES string of the molecule is COc1ncc(Nc2ccc(N3CCCCC3)nc2)c2c1CCCC2. The summed E-state index contributed by atoms with van der Waals surface area (Å²) in [7, 11) is 1.70. The fraction of sp³-hybridized carbons (Fsp3) is 0.500. The first-order valence-corrected chi connectivity index (χ1v) is 9.38. The predicted octanol–water partition coefficient (Wildman–Crippen LogP) is 4.10. The smallest absolute Gasteiger partial charge is 0.216 e. The van der Waals surface area contributed by atoms with Gasteiger partial charge < -0.3 is 15.0 Å². The van der Waals surface area contributed by atoms with Crippen LogP contribution < -0.4 is 15.0 Å². The maximum Gasteiger partial charge on any atom is 0.216 e. The van der Waals surface area contributed by atoms with E-state index in [0.717, 1.165) is 49.0 Å². The van der Waals surface area contributed by atoms with Crippen LogP contribution in [0.1, 0.15) is 43.2 Å². The molecule has 0 bridgehead atoms. The van der Waals surface area contributed by atoms with Crippen LogP contribution in [0.5, 0.6) is 5.88 Å². The highest BCUT2D eigenvalue weighted by atomic mass is 16.5. The lowest BCUT2D eigenvalue weighted by atomic mass is 9.91. The van der Waals surface area contributed by atoms with Gasteiger partial charge in [-0.1, -0.05) is 0 Å². The van der Waals surface area contributed by atoms with Gasteiger partial charge in [0.05, 0.1) is 30.9 Å². The third kappa shape index (κ3) is 3.41. The van der Waals surface area contributed by atoms with Gasteiger partial charge in [0.15, 0.2) is 0 Å². The van der Waals surface area contributed by atoms with Crippen molar-refractivity contribution in [2.75, 3.05) is 30.4 Å². The van der Waals surface area contributed by atoms with Crippen molar-refractivity contribution in [3.8, 4) is 5.88 Å². The van der Waals surface area contributed by atoms with Gasteiger partial charge in [0.25, 0.3) is 0 Å². The molecule has 25 heavy (non-hydrogen) atoms. The Morgan fingerprint density at radius 3 is 2.44 bits per heavy atom. The molecule has 1 N–H and O–H groups in total. The minimum absolute atomic E-state index is 0.777. The summed E-state index contributed by atoms with van der Waals surface area (Å²) in [6.45, 7) is 2.24. The molecule has 5 heteroatoms. The van der Waals surface area contributed by atoms with E-state index < -0.39 is 0 Å². The Hall–Kier alpha value is -2.30. The standard InChI is InChI=1S/C20H26N4O/c1-25-20-17-8-4-3-7-16(17)18(14-22-20)23-15-9-10-19(21-13-15)24-11-5-2-6-12-24/h9-10,13-14,23H,2-8,11-12H2,1H3. The summed E-state index contributed by atoms with van der Waals surface area (Å²) < 4.78 is 5.44. The molecule has 1 aliphatic heterocycles. The van der Waals surface area contributed by atoms with Crippen LogP contribution in [0.4, 0.5) is 17.2 Å². The molecule has 2 aromatic heterocycles. The second-order valence-corrected chi connectivity index (χ2v) is 6.92. The average molecular weight is 338 g/mol. The summed E-state index contributed by atoms with van der Waals surface area (Å²) in [6, 6.07) is 4.24. The third-order valence-corrected chi connectivity index (χ3v) is 5.26. The van der Waals surface area contributed by atoms with Crippen LogP contribution in [-0.4, -0.2) is 30.2 Å². The molecule has 0 aromatic carbocycles. The maximum atomic E-state index is 5.44. The van der Waals surface area contributed by atoms with Crippen LogP contribution >= 0.6 is 0 Å². The molecule has 2 aromatic rings. The lowest BCUT2D eigenvalue weighted by molar-refractivity contribution is 0.389. The van der Waals surface area contributed by atoms with Crippen LogP contribution in [-0.2, 0) is 12.8 Å². The number of pyridine rings is 2. The van der Waals surface area contributed by atoms with Crippen molar-refractivity contribution in [2.45, 2.75) is 44.9 Å². The quantitative estimate of drug-likeness (QED) is 0.909. The number of methoxy groups -OCH3 is 1. The number of ether oxygens (including phenoxy) is 1. The number of fused-ring (bicyclic) bond motifs is 1. The molecule has 1 fully saturated rings. The van der Waals surface area contributed by atoms with Gasteiger partial charge in [-0.2, -0.15) is 0 Å². The van der Waals surface area contributed by atoms with Crippen LogP contribution in [0.25, 0.3) is 0 Å². The molecule has 5 nitrogen and oxygen atoms in total. The number of anilines is 3. The summed E-state index contributed by atoms with van der Waals surface area (Å²) in [5.41, 5.74) is 4.71. The monoisotopic (exact) mass is 338 g/mol. The summed E-state index contributed by atoms with van der Waals surface area (Å²) >= 11 is 0. The van der Waals surface area contributed by atoms with Crippen molar-refractivity contribution in [1.29, 1.82) is 0 Å². The van der Waals surface area contributed by atoms with Crippen molar-refractivity contribution in [1.82, 2.24) is 9.97 Å².